The summed E-state index contributed by atoms with van der Waals surface area (Å²) in [5, 5.41) is 10.8. The summed E-state index contributed by atoms with van der Waals surface area (Å²) in [6.45, 7) is 4.78. The number of rotatable bonds is 11. The maximum Gasteiger partial charge on any atom is 0.407 e. The maximum atomic E-state index is 13.2. The van der Waals surface area contributed by atoms with Crippen LogP contribution in [0.3, 0.4) is 0 Å². The minimum Gasteiger partial charge on any atom is -0.494 e. The molecule has 0 atom stereocenters. The van der Waals surface area contributed by atoms with Crippen LogP contribution in [0.1, 0.15) is 45.4 Å². The number of aromatic nitrogens is 4. The lowest BCUT2D eigenvalue weighted by atomic mass is 10.1. The Labute approximate surface area is 245 Å². The van der Waals surface area contributed by atoms with Crippen LogP contribution in [0, 0.1) is 6.92 Å². The monoisotopic (exact) mass is 601 g/mol. The molecule has 4 N–H and O–H groups in total. The van der Waals surface area contributed by atoms with Crippen LogP contribution < -0.4 is 21.1 Å². The van der Waals surface area contributed by atoms with Gasteiger partial charge in [-0.25, -0.2) is 9.78 Å². The van der Waals surface area contributed by atoms with Crippen molar-refractivity contribution in [3.8, 4) is 5.75 Å². The highest BCUT2D eigenvalue weighted by molar-refractivity contribution is 6.34. The van der Waals surface area contributed by atoms with Crippen molar-refractivity contribution in [3.05, 3.63) is 69.0 Å². The maximum absolute atomic E-state index is 13.2. The quantitative estimate of drug-likeness (QED) is 0.213. The molecule has 12 nitrogen and oxygen atoms in total. The highest BCUT2D eigenvalue weighted by atomic mass is 35.5. The Morgan fingerprint density at radius 2 is 1.80 bits per heavy atom. The van der Waals surface area contributed by atoms with Gasteiger partial charge in [0.15, 0.2) is 0 Å². The van der Waals surface area contributed by atoms with Crippen molar-refractivity contribution in [3.63, 3.8) is 0 Å². The van der Waals surface area contributed by atoms with E-state index in [0.29, 0.717) is 63.3 Å². The molecule has 0 spiro atoms. The first-order valence-corrected chi connectivity index (χ1v) is 13.4. The average molecular weight is 602 g/mol. The Balaban J connectivity index is 1.51. The summed E-state index contributed by atoms with van der Waals surface area (Å²) in [4.78, 5) is 41.9. The molecular formula is C27H29Cl2N7O5. The molecule has 0 saturated carbocycles. The number of methoxy groups -OCH3 is 1. The molecule has 2 aromatic heterocycles. The van der Waals surface area contributed by atoms with Gasteiger partial charge in [0, 0.05) is 35.2 Å². The van der Waals surface area contributed by atoms with Crippen LogP contribution in [0.15, 0.2) is 36.4 Å². The lowest BCUT2D eigenvalue weighted by Crippen LogP contribution is -2.26. The Morgan fingerprint density at radius 3 is 2.46 bits per heavy atom. The molecule has 4 rings (SSSR count). The third kappa shape index (κ3) is 7.08. The van der Waals surface area contributed by atoms with Crippen molar-refractivity contribution >= 4 is 58.1 Å². The van der Waals surface area contributed by atoms with Crippen molar-refractivity contribution in [1.82, 2.24) is 24.6 Å². The molecule has 2 aromatic carbocycles. The normalized spacial score (nSPS) is 11.0. The number of anilines is 1. The summed E-state index contributed by atoms with van der Waals surface area (Å²) < 4.78 is 14.1. The fraction of sp³-hybridized carbons (Fsp3) is 0.296. The van der Waals surface area contributed by atoms with E-state index in [2.05, 4.69) is 20.7 Å². The van der Waals surface area contributed by atoms with Crippen molar-refractivity contribution in [2.45, 2.75) is 40.0 Å². The number of carbonyl (C=O) groups excluding carboxylic acids is 3. The summed E-state index contributed by atoms with van der Waals surface area (Å²) in [6.07, 6.45) is -0.170. The van der Waals surface area contributed by atoms with E-state index in [1.165, 1.54) is 19.2 Å². The van der Waals surface area contributed by atoms with E-state index >= 15 is 0 Å². The van der Waals surface area contributed by atoms with E-state index < -0.39 is 17.9 Å². The van der Waals surface area contributed by atoms with Gasteiger partial charge < -0.3 is 25.1 Å². The lowest BCUT2D eigenvalue weighted by Gasteiger charge is -2.13. The summed E-state index contributed by atoms with van der Waals surface area (Å²) in [5.74, 6) is -0.463. The first kappa shape index (κ1) is 29.7. The standard InChI is InChI=1S/C27H29Cl2N7O5/c1-4-36-21(8-15(2)34-36)25(38)33-26-32-20-11-17(24(30)37)12-22(40-3)23(20)35(26)7-5-6-31-27(39)41-14-16-9-18(28)13-19(29)10-16/h8-13H,4-7,14H2,1-3H3,(H2,30,37)(H,31,39)(H,32,33,38). The van der Waals surface area contributed by atoms with Crippen LogP contribution in [0.25, 0.3) is 11.0 Å². The zero-order chi connectivity index (χ0) is 29.7. The number of hydrogen-bond donors (Lipinski definition) is 3. The number of alkyl carbamates (subject to hydrolysis) is 1. The molecule has 41 heavy (non-hydrogen) atoms. The molecule has 0 aliphatic rings. The molecule has 14 heteroatoms. The summed E-state index contributed by atoms with van der Waals surface area (Å²) in [6, 6.07) is 9.64. The molecule has 0 saturated heterocycles. The van der Waals surface area contributed by atoms with Gasteiger partial charge >= 0.3 is 6.09 Å². The number of benzene rings is 2. The zero-order valence-electron chi connectivity index (χ0n) is 22.7. The second-order valence-electron chi connectivity index (χ2n) is 9.07. The number of ether oxygens (including phenoxy) is 2. The van der Waals surface area contributed by atoms with Gasteiger partial charge in [-0.1, -0.05) is 23.2 Å². The van der Waals surface area contributed by atoms with Gasteiger partial charge in [-0.15, -0.1) is 0 Å². The Kier molecular flexibility index (Phi) is 9.35. The van der Waals surface area contributed by atoms with Crippen LogP contribution in [-0.4, -0.2) is 50.9 Å². The number of halogens is 2. The fourth-order valence-electron chi connectivity index (χ4n) is 4.30. The number of nitrogens with one attached hydrogen (secondary N) is 2. The molecule has 216 valence electrons. The lowest BCUT2D eigenvalue weighted by molar-refractivity contribution is 0.0995. The van der Waals surface area contributed by atoms with Gasteiger partial charge in [0.1, 0.15) is 23.6 Å². The molecule has 0 fully saturated rings. The summed E-state index contributed by atoms with van der Waals surface area (Å²) in [7, 11) is 1.46. The minimum absolute atomic E-state index is 0.00165. The first-order chi connectivity index (χ1) is 19.6. The number of imidazole rings is 1. The van der Waals surface area contributed by atoms with Crippen LogP contribution in [0.5, 0.6) is 5.75 Å². The average Bonchev–Trinajstić information content (AvgIpc) is 3.48. The van der Waals surface area contributed by atoms with Gasteiger partial charge in [-0.3, -0.25) is 19.6 Å². The highest BCUT2D eigenvalue weighted by Crippen LogP contribution is 2.31. The molecule has 0 aliphatic carbocycles. The molecule has 0 unspecified atom stereocenters. The van der Waals surface area contributed by atoms with Gasteiger partial charge in [0.25, 0.3) is 5.91 Å². The van der Waals surface area contributed by atoms with Gasteiger partial charge in [0.2, 0.25) is 11.9 Å². The number of primary amides is 1. The smallest absolute Gasteiger partial charge is 0.407 e. The predicted molar refractivity (Wildman–Crippen MR) is 155 cm³/mol. The number of fused-ring (bicyclic) bond motifs is 1. The number of aryl methyl sites for hydroxylation is 3. The molecular weight excluding hydrogens is 573 g/mol. The van der Waals surface area contributed by atoms with Crippen molar-refractivity contribution in [2.24, 2.45) is 5.73 Å². The van der Waals surface area contributed by atoms with E-state index in [1.54, 1.807) is 40.4 Å². The van der Waals surface area contributed by atoms with E-state index in [-0.39, 0.29) is 24.7 Å². The third-order valence-electron chi connectivity index (χ3n) is 6.09. The summed E-state index contributed by atoms with van der Waals surface area (Å²) in [5.41, 5.74) is 8.39. The van der Waals surface area contributed by atoms with Crippen LogP contribution in [0.2, 0.25) is 10.0 Å². The molecule has 4 aromatic rings. The van der Waals surface area contributed by atoms with E-state index in [1.807, 2.05) is 6.92 Å². The van der Waals surface area contributed by atoms with E-state index in [9.17, 15) is 14.4 Å². The van der Waals surface area contributed by atoms with Crippen LogP contribution in [-0.2, 0) is 24.4 Å². The molecule has 0 bridgehead atoms. The van der Waals surface area contributed by atoms with Gasteiger partial charge in [-0.05, 0) is 62.2 Å². The number of carbonyl (C=O) groups is 3. The van der Waals surface area contributed by atoms with Crippen LogP contribution in [0.4, 0.5) is 10.7 Å². The Hall–Kier alpha value is -4.29. The Bertz CT molecular complexity index is 1600. The zero-order valence-corrected chi connectivity index (χ0v) is 24.2. The molecule has 0 aliphatic heterocycles. The summed E-state index contributed by atoms with van der Waals surface area (Å²) >= 11 is 12.0. The minimum atomic E-state index is -0.643. The SMILES string of the molecule is CCn1nc(C)cc1C(=O)Nc1nc2cc(C(N)=O)cc(OC)c2n1CCCNC(=O)OCc1cc(Cl)cc(Cl)c1. The number of hydrogen-bond acceptors (Lipinski definition) is 7. The second-order valence-corrected chi connectivity index (χ2v) is 9.95. The largest absolute Gasteiger partial charge is 0.494 e. The molecule has 2 heterocycles. The number of nitrogens with two attached hydrogens (primary N) is 1. The van der Waals surface area contributed by atoms with Gasteiger partial charge in [0.05, 0.1) is 18.3 Å². The molecule has 3 amide bonds. The van der Waals surface area contributed by atoms with Crippen molar-refractivity contribution < 1.29 is 23.9 Å². The first-order valence-electron chi connectivity index (χ1n) is 12.7. The predicted octanol–water partition coefficient (Wildman–Crippen LogP) is 4.54. The fourth-order valence-corrected chi connectivity index (χ4v) is 4.87. The van der Waals surface area contributed by atoms with E-state index in [0.717, 1.165) is 0 Å². The topological polar surface area (TPSA) is 155 Å². The van der Waals surface area contributed by atoms with Crippen LogP contribution >= 0.6 is 23.2 Å². The number of nitrogens with zero attached hydrogens (tertiary/aromatic N) is 4. The third-order valence-corrected chi connectivity index (χ3v) is 6.53. The second kappa shape index (κ2) is 12.9. The number of amides is 3. The Morgan fingerprint density at radius 1 is 1.07 bits per heavy atom. The van der Waals surface area contributed by atoms with Crippen molar-refractivity contribution in [1.29, 1.82) is 0 Å². The molecule has 0 radical (unpaired) electrons. The van der Waals surface area contributed by atoms with Gasteiger partial charge in [-0.2, -0.15) is 5.10 Å². The van der Waals surface area contributed by atoms with Crippen molar-refractivity contribution in [2.75, 3.05) is 19.0 Å². The highest BCUT2D eigenvalue weighted by Gasteiger charge is 2.21. The van der Waals surface area contributed by atoms with E-state index in [4.69, 9.17) is 38.4 Å².